The second-order valence-electron chi connectivity index (χ2n) is 5.66. The van der Waals surface area contributed by atoms with Gasteiger partial charge in [-0.25, -0.2) is 5.43 Å². The Kier molecular flexibility index (Phi) is 6.47. The van der Waals surface area contributed by atoms with Crippen molar-refractivity contribution in [1.29, 1.82) is 0 Å². The lowest BCUT2D eigenvalue weighted by Gasteiger charge is -2.10. The molecule has 1 N–H and O–H groups in total. The predicted octanol–water partition coefficient (Wildman–Crippen LogP) is 5.34. The first-order chi connectivity index (χ1) is 13.1. The zero-order valence-corrected chi connectivity index (χ0v) is 15.7. The van der Waals surface area contributed by atoms with E-state index in [4.69, 9.17) is 27.9 Å². The Balaban J connectivity index is 1.64. The highest BCUT2D eigenvalue weighted by Gasteiger charge is 2.11. The summed E-state index contributed by atoms with van der Waals surface area (Å²) in [7, 11) is 0. The normalized spacial score (nSPS) is 10.7. The number of para-hydroxylation sites is 1. The fourth-order valence-corrected chi connectivity index (χ4v) is 2.55. The molecule has 0 saturated heterocycles. The molecule has 0 aliphatic rings. The number of nitrogens with zero attached hydrogens (tertiary/aromatic N) is 1. The van der Waals surface area contributed by atoms with Crippen LogP contribution in [-0.4, -0.2) is 12.1 Å². The van der Waals surface area contributed by atoms with E-state index in [1.807, 2.05) is 18.2 Å². The molecular weight excluding hydrogens is 383 g/mol. The quantitative estimate of drug-likeness (QED) is 0.450. The van der Waals surface area contributed by atoms with E-state index in [-0.39, 0.29) is 5.91 Å². The average Bonchev–Trinajstić information content (AvgIpc) is 2.69. The Bertz CT molecular complexity index is 939. The molecule has 6 heteroatoms. The molecule has 0 unspecified atom stereocenters. The molecule has 0 heterocycles. The number of amides is 1. The third-order valence-corrected chi connectivity index (χ3v) is 4.19. The third kappa shape index (κ3) is 5.58. The molecule has 27 heavy (non-hydrogen) atoms. The minimum absolute atomic E-state index is 0.329. The standard InChI is InChI=1S/C21H16Cl2N2O2/c22-17-9-5-15(6-10-17)13-24-25-21(26)19-3-1-2-4-20(19)27-14-16-7-11-18(23)12-8-16/h1-13H,14H2,(H,25,26)/b24-13-. The monoisotopic (exact) mass is 398 g/mol. The Hall–Kier alpha value is -2.82. The first-order valence-corrected chi connectivity index (χ1v) is 8.92. The van der Waals surface area contributed by atoms with E-state index in [9.17, 15) is 4.79 Å². The van der Waals surface area contributed by atoms with Gasteiger partial charge in [-0.2, -0.15) is 5.10 Å². The first kappa shape index (κ1) is 19.0. The summed E-state index contributed by atoms with van der Waals surface area (Å²) in [6, 6.07) is 21.5. The molecule has 0 bridgehead atoms. The van der Waals surface area contributed by atoms with Crippen molar-refractivity contribution in [1.82, 2.24) is 5.43 Å². The van der Waals surface area contributed by atoms with Crippen molar-refractivity contribution in [3.8, 4) is 5.75 Å². The lowest BCUT2D eigenvalue weighted by Crippen LogP contribution is -2.18. The molecule has 3 aromatic rings. The fourth-order valence-electron chi connectivity index (χ4n) is 2.30. The highest BCUT2D eigenvalue weighted by Crippen LogP contribution is 2.20. The molecule has 1 amide bonds. The van der Waals surface area contributed by atoms with Crippen LogP contribution in [-0.2, 0) is 6.61 Å². The van der Waals surface area contributed by atoms with Crippen molar-refractivity contribution in [3.05, 3.63) is 99.5 Å². The summed E-state index contributed by atoms with van der Waals surface area (Å²) in [5.74, 6) is 0.124. The molecule has 4 nitrogen and oxygen atoms in total. The van der Waals surface area contributed by atoms with E-state index in [0.29, 0.717) is 28.0 Å². The van der Waals surface area contributed by atoms with Crippen LogP contribution in [0.25, 0.3) is 0 Å². The number of halogens is 2. The van der Waals surface area contributed by atoms with Gasteiger partial charge in [-0.15, -0.1) is 0 Å². The SMILES string of the molecule is O=C(N/N=C\c1ccc(Cl)cc1)c1ccccc1OCc1ccc(Cl)cc1. The van der Waals surface area contributed by atoms with Gasteiger partial charge in [-0.1, -0.05) is 59.6 Å². The van der Waals surface area contributed by atoms with E-state index in [2.05, 4.69) is 10.5 Å². The van der Waals surface area contributed by atoms with Gasteiger partial charge < -0.3 is 4.74 Å². The number of hydrogen-bond acceptors (Lipinski definition) is 3. The van der Waals surface area contributed by atoms with Gasteiger partial charge in [0.05, 0.1) is 11.8 Å². The molecular formula is C21H16Cl2N2O2. The van der Waals surface area contributed by atoms with E-state index in [1.165, 1.54) is 0 Å². The van der Waals surface area contributed by atoms with Crippen LogP contribution in [0.1, 0.15) is 21.5 Å². The van der Waals surface area contributed by atoms with Crippen molar-refractivity contribution in [2.45, 2.75) is 6.61 Å². The van der Waals surface area contributed by atoms with E-state index < -0.39 is 0 Å². The van der Waals surface area contributed by atoms with Crippen LogP contribution in [0.5, 0.6) is 5.75 Å². The van der Waals surface area contributed by atoms with E-state index in [1.54, 1.807) is 60.8 Å². The minimum atomic E-state index is -0.355. The highest BCUT2D eigenvalue weighted by atomic mass is 35.5. The number of hydrogen-bond donors (Lipinski definition) is 1. The van der Waals surface area contributed by atoms with Gasteiger partial charge in [0.15, 0.2) is 0 Å². The van der Waals surface area contributed by atoms with E-state index >= 15 is 0 Å². The Morgan fingerprint density at radius 1 is 0.926 bits per heavy atom. The molecule has 0 spiro atoms. The van der Waals surface area contributed by atoms with Crippen molar-refractivity contribution in [3.63, 3.8) is 0 Å². The predicted molar refractivity (Wildman–Crippen MR) is 109 cm³/mol. The lowest BCUT2D eigenvalue weighted by atomic mass is 10.2. The van der Waals surface area contributed by atoms with Crippen LogP contribution < -0.4 is 10.2 Å². The summed E-state index contributed by atoms with van der Waals surface area (Å²) in [6.07, 6.45) is 1.55. The van der Waals surface area contributed by atoms with Gasteiger partial charge in [-0.3, -0.25) is 4.79 Å². The summed E-state index contributed by atoms with van der Waals surface area (Å²) in [4.78, 5) is 12.4. The maximum absolute atomic E-state index is 12.4. The zero-order chi connectivity index (χ0) is 19.1. The second kappa shape index (κ2) is 9.21. The van der Waals surface area contributed by atoms with Gasteiger partial charge in [0.25, 0.3) is 5.91 Å². The molecule has 0 radical (unpaired) electrons. The Labute approximate surface area is 167 Å². The number of nitrogens with one attached hydrogen (secondary N) is 1. The molecule has 0 atom stereocenters. The van der Waals surface area contributed by atoms with Crippen molar-refractivity contribution >= 4 is 35.3 Å². The van der Waals surface area contributed by atoms with Crippen LogP contribution >= 0.6 is 23.2 Å². The number of hydrazone groups is 1. The maximum atomic E-state index is 12.4. The Morgan fingerprint density at radius 3 is 2.26 bits per heavy atom. The zero-order valence-electron chi connectivity index (χ0n) is 14.2. The van der Waals surface area contributed by atoms with Crippen molar-refractivity contribution < 1.29 is 9.53 Å². The number of benzene rings is 3. The number of rotatable bonds is 6. The van der Waals surface area contributed by atoms with Gasteiger partial charge in [0, 0.05) is 10.0 Å². The Morgan fingerprint density at radius 2 is 1.56 bits per heavy atom. The van der Waals surface area contributed by atoms with Crippen LogP contribution in [0, 0.1) is 0 Å². The van der Waals surface area contributed by atoms with Gasteiger partial charge in [0.2, 0.25) is 0 Å². The van der Waals surface area contributed by atoms with Crippen molar-refractivity contribution in [2.24, 2.45) is 5.10 Å². The third-order valence-electron chi connectivity index (χ3n) is 3.69. The summed E-state index contributed by atoms with van der Waals surface area (Å²) in [5.41, 5.74) is 4.69. The topological polar surface area (TPSA) is 50.7 Å². The van der Waals surface area contributed by atoms with Crippen LogP contribution in [0.3, 0.4) is 0 Å². The summed E-state index contributed by atoms with van der Waals surface area (Å²) in [6.45, 7) is 0.329. The molecule has 0 saturated carbocycles. The van der Waals surface area contributed by atoms with E-state index in [0.717, 1.165) is 11.1 Å². The van der Waals surface area contributed by atoms with Gasteiger partial charge in [0.1, 0.15) is 12.4 Å². The fraction of sp³-hybridized carbons (Fsp3) is 0.0476. The van der Waals surface area contributed by atoms with Crippen LogP contribution in [0.2, 0.25) is 10.0 Å². The number of carbonyl (C=O) groups is 1. The highest BCUT2D eigenvalue weighted by molar-refractivity contribution is 6.30. The molecule has 0 aliphatic heterocycles. The molecule has 0 aromatic heterocycles. The lowest BCUT2D eigenvalue weighted by molar-refractivity contribution is 0.0950. The van der Waals surface area contributed by atoms with Gasteiger partial charge >= 0.3 is 0 Å². The number of carbonyl (C=O) groups excluding carboxylic acids is 1. The average molecular weight is 399 g/mol. The molecule has 0 fully saturated rings. The molecule has 3 rings (SSSR count). The largest absolute Gasteiger partial charge is 0.488 e. The molecule has 0 aliphatic carbocycles. The maximum Gasteiger partial charge on any atom is 0.275 e. The second-order valence-corrected chi connectivity index (χ2v) is 6.53. The molecule has 3 aromatic carbocycles. The molecule has 136 valence electrons. The van der Waals surface area contributed by atoms with Gasteiger partial charge in [-0.05, 0) is 47.5 Å². The van der Waals surface area contributed by atoms with Crippen LogP contribution in [0.4, 0.5) is 0 Å². The first-order valence-electron chi connectivity index (χ1n) is 8.17. The smallest absolute Gasteiger partial charge is 0.275 e. The van der Waals surface area contributed by atoms with Crippen molar-refractivity contribution in [2.75, 3.05) is 0 Å². The summed E-state index contributed by atoms with van der Waals surface area (Å²) >= 11 is 11.7. The summed E-state index contributed by atoms with van der Waals surface area (Å²) < 4.78 is 5.79. The minimum Gasteiger partial charge on any atom is -0.488 e. The number of ether oxygens (including phenoxy) is 1. The summed E-state index contributed by atoms with van der Waals surface area (Å²) in [5, 5.41) is 5.28. The van der Waals surface area contributed by atoms with Crippen LogP contribution in [0.15, 0.2) is 77.9 Å².